The second-order valence-corrected chi connectivity index (χ2v) is 7.86. The van der Waals surface area contributed by atoms with Crippen LogP contribution in [0.5, 0.6) is 5.75 Å². The van der Waals surface area contributed by atoms with Crippen molar-refractivity contribution in [2.75, 3.05) is 0 Å². The Labute approximate surface area is 190 Å². The van der Waals surface area contributed by atoms with E-state index in [2.05, 4.69) is 4.98 Å². The summed E-state index contributed by atoms with van der Waals surface area (Å²) in [5, 5.41) is 10.4. The normalized spacial score (nSPS) is 11.7. The molecule has 0 aliphatic carbocycles. The Morgan fingerprint density at radius 1 is 1.00 bits per heavy atom. The lowest BCUT2D eigenvalue weighted by Crippen LogP contribution is -1.97. The zero-order valence-corrected chi connectivity index (χ0v) is 18.2. The van der Waals surface area contributed by atoms with Crippen molar-refractivity contribution in [3.63, 3.8) is 0 Å². The van der Waals surface area contributed by atoms with Gasteiger partial charge in [0, 0.05) is 23.3 Å². The van der Waals surface area contributed by atoms with Crippen LogP contribution in [0.1, 0.15) is 18.3 Å². The van der Waals surface area contributed by atoms with Crippen LogP contribution in [0.15, 0.2) is 72.9 Å². The Bertz CT molecular complexity index is 1250. The fourth-order valence-electron chi connectivity index (χ4n) is 3.31. The van der Waals surface area contributed by atoms with Crippen LogP contribution in [0, 0.1) is 0 Å². The number of hydrogen-bond donors (Lipinski definition) is 1. The van der Waals surface area contributed by atoms with Gasteiger partial charge in [0.25, 0.3) is 0 Å². The Balaban J connectivity index is 1.63. The van der Waals surface area contributed by atoms with Crippen LogP contribution in [0.25, 0.3) is 34.3 Å². The first kappa shape index (κ1) is 21.2. The molecule has 31 heavy (non-hydrogen) atoms. The van der Waals surface area contributed by atoms with Gasteiger partial charge in [-0.05, 0) is 60.0 Å². The Kier molecular flexibility index (Phi) is 6.12. The van der Waals surface area contributed by atoms with Gasteiger partial charge in [-0.2, -0.15) is 0 Å². The molecule has 0 radical (unpaired) electrons. The van der Waals surface area contributed by atoms with Crippen molar-refractivity contribution < 1.29 is 9.50 Å². The molecule has 0 unspecified atom stereocenters. The highest BCUT2D eigenvalue weighted by molar-refractivity contribution is 6.36. The van der Waals surface area contributed by atoms with E-state index in [1.54, 1.807) is 41.1 Å². The summed E-state index contributed by atoms with van der Waals surface area (Å²) in [5.74, 6) is 0.0257. The number of nitrogens with zero attached hydrogens (tertiary/aromatic N) is 2. The summed E-state index contributed by atoms with van der Waals surface area (Å²) in [4.78, 5) is 4.48. The van der Waals surface area contributed by atoms with Crippen LogP contribution in [-0.2, 0) is 6.54 Å². The summed E-state index contributed by atoms with van der Waals surface area (Å²) in [6, 6.07) is 19.6. The predicted octanol–water partition coefficient (Wildman–Crippen LogP) is 7.72. The van der Waals surface area contributed by atoms with Crippen LogP contribution in [0.4, 0.5) is 4.39 Å². The molecule has 0 atom stereocenters. The molecule has 4 rings (SSSR count). The highest BCUT2D eigenvalue weighted by Gasteiger charge is 2.15. The lowest BCUT2D eigenvalue weighted by molar-refractivity contribution is 0.475. The minimum absolute atomic E-state index is 0.219. The summed E-state index contributed by atoms with van der Waals surface area (Å²) >= 11 is 12.3. The molecular formula is C25H19Cl2FN2O. The Hall–Kier alpha value is -3.08. The monoisotopic (exact) mass is 452 g/mol. The van der Waals surface area contributed by atoms with E-state index in [4.69, 9.17) is 23.2 Å². The minimum Gasteiger partial charge on any atom is -0.508 e. The lowest BCUT2D eigenvalue weighted by atomic mass is 10.0. The fraction of sp³-hybridized carbons (Fsp3) is 0.0800. The molecule has 3 aromatic carbocycles. The number of aromatic hydroxyl groups is 1. The number of aromatic nitrogens is 2. The van der Waals surface area contributed by atoms with Crippen molar-refractivity contribution >= 4 is 35.1 Å². The number of rotatable bonds is 5. The predicted molar refractivity (Wildman–Crippen MR) is 126 cm³/mol. The van der Waals surface area contributed by atoms with Crippen molar-refractivity contribution in [2.45, 2.75) is 13.5 Å². The van der Waals surface area contributed by atoms with Crippen molar-refractivity contribution in [2.24, 2.45) is 0 Å². The van der Waals surface area contributed by atoms with Crippen LogP contribution in [0.2, 0.25) is 10.0 Å². The zero-order chi connectivity index (χ0) is 22.0. The van der Waals surface area contributed by atoms with Gasteiger partial charge in [-0.25, -0.2) is 9.37 Å². The van der Waals surface area contributed by atoms with E-state index in [0.717, 1.165) is 16.7 Å². The van der Waals surface area contributed by atoms with Crippen LogP contribution >= 0.6 is 23.2 Å². The smallest absolute Gasteiger partial charge is 0.169 e. The third-order valence-electron chi connectivity index (χ3n) is 4.94. The average molecular weight is 453 g/mol. The molecule has 156 valence electrons. The number of phenolic OH excluding ortho intramolecular Hbond substituents is 1. The van der Waals surface area contributed by atoms with E-state index in [-0.39, 0.29) is 11.6 Å². The number of aryl methyl sites for hydroxylation is 1. The van der Waals surface area contributed by atoms with Crippen molar-refractivity contribution in [3.05, 3.63) is 94.4 Å². The van der Waals surface area contributed by atoms with Crippen molar-refractivity contribution in [1.29, 1.82) is 0 Å². The molecule has 0 fully saturated rings. The maximum atomic E-state index is 15.1. The van der Waals surface area contributed by atoms with E-state index < -0.39 is 5.83 Å². The third kappa shape index (κ3) is 4.66. The van der Waals surface area contributed by atoms with E-state index in [1.807, 2.05) is 43.3 Å². The Morgan fingerprint density at radius 3 is 2.26 bits per heavy atom. The Morgan fingerprint density at radius 2 is 1.65 bits per heavy atom. The first-order valence-corrected chi connectivity index (χ1v) is 10.5. The second-order valence-electron chi connectivity index (χ2n) is 7.02. The lowest BCUT2D eigenvalue weighted by Gasteiger charge is -2.04. The first-order valence-electron chi connectivity index (χ1n) is 9.74. The number of halogens is 3. The minimum atomic E-state index is -0.435. The third-order valence-corrected chi connectivity index (χ3v) is 5.49. The maximum absolute atomic E-state index is 15.1. The highest BCUT2D eigenvalue weighted by Crippen LogP contribution is 2.32. The molecule has 0 aliphatic heterocycles. The molecule has 0 aliphatic rings. The molecule has 0 amide bonds. The summed E-state index contributed by atoms with van der Waals surface area (Å²) < 4.78 is 16.9. The summed E-state index contributed by atoms with van der Waals surface area (Å²) in [7, 11) is 0. The molecule has 1 aromatic heterocycles. The molecule has 0 saturated heterocycles. The van der Waals surface area contributed by atoms with Gasteiger partial charge in [0.1, 0.15) is 5.75 Å². The van der Waals surface area contributed by atoms with Crippen LogP contribution < -0.4 is 0 Å². The molecule has 0 bridgehead atoms. The van der Waals surface area contributed by atoms with E-state index in [1.165, 1.54) is 6.08 Å². The fourth-order valence-corrected chi connectivity index (χ4v) is 3.82. The highest BCUT2D eigenvalue weighted by atomic mass is 35.5. The van der Waals surface area contributed by atoms with Gasteiger partial charge in [-0.1, -0.05) is 59.6 Å². The molecule has 1 N–H and O–H groups in total. The maximum Gasteiger partial charge on any atom is 0.169 e. The van der Waals surface area contributed by atoms with E-state index in [0.29, 0.717) is 27.8 Å². The van der Waals surface area contributed by atoms with Crippen molar-refractivity contribution in [1.82, 2.24) is 9.55 Å². The van der Waals surface area contributed by atoms with Gasteiger partial charge in [0.2, 0.25) is 0 Å². The molecule has 6 heteroatoms. The molecule has 0 spiro atoms. The average Bonchev–Trinajstić information content (AvgIpc) is 3.19. The van der Waals surface area contributed by atoms with Gasteiger partial charge in [0.05, 0.1) is 10.7 Å². The van der Waals surface area contributed by atoms with Gasteiger partial charge in [-0.15, -0.1) is 0 Å². The topological polar surface area (TPSA) is 38.0 Å². The summed E-state index contributed by atoms with van der Waals surface area (Å²) in [6.45, 7) is 2.49. The summed E-state index contributed by atoms with van der Waals surface area (Å²) in [5.41, 5.74) is 3.96. The molecule has 1 heterocycles. The number of hydrogen-bond acceptors (Lipinski definition) is 2. The second kappa shape index (κ2) is 8.96. The van der Waals surface area contributed by atoms with Gasteiger partial charge in [-0.3, -0.25) is 0 Å². The van der Waals surface area contributed by atoms with Gasteiger partial charge in [0.15, 0.2) is 11.7 Å². The SMILES string of the molecule is CCn1cc(-c2ccc(Cl)cc2Cl)nc1/C(F)=C/c1ccc(-c2ccc(O)cc2)cc1. The quantitative estimate of drug-likeness (QED) is 0.336. The van der Waals surface area contributed by atoms with Gasteiger partial charge < -0.3 is 9.67 Å². The number of benzene rings is 3. The molecule has 3 nitrogen and oxygen atoms in total. The van der Waals surface area contributed by atoms with E-state index in [9.17, 15) is 5.11 Å². The van der Waals surface area contributed by atoms with Gasteiger partial charge >= 0.3 is 0 Å². The zero-order valence-electron chi connectivity index (χ0n) is 16.7. The van der Waals surface area contributed by atoms with E-state index >= 15 is 4.39 Å². The molecule has 0 saturated carbocycles. The van der Waals surface area contributed by atoms with Crippen LogP contribution in [0.3, 0.4) is 0 Å². The molecule has 4 aromatic rings. The summed E-state index contributed by atoms with van der Waals surface area (Å²) in [6.07, 6.45) is 3.24. The standard InChI is InChI=1S/C25H19Cl2FN2O/c1-2-30-15-24(21-12-9-19(26)14-22(21)27)29-25(30)23(28)13-16-3-5-17(6-4-16)18-7-10-20(31)11-8-18/h3-15,31H,2H2,1H3/b23-13-. The number of phenols is 1. The molecular weight excluding hydrogens is 434 g/mol. The van der Waals surface area contributed by atoms with Crippen LogP contribution in [-0.4, -0.2) is 14.7 Å². The largest absolute Gasteiger partial charge is 0.508 e. The number of imidazole rings is 1. The first-order chi connectivity index (χ1) is 14.9. The van der Waals surface area contributed by atoms with Crippen molar-refractivity contribution in [3.8, 4) is 28.1 Å².